The van der Waals surface area contributed by atoms with E-state index >= 15 is 0 Å². The summed E-state index contributed by atoms with van der Waals surface area (Å²) in [6, 6.07) is 4.93. The summed E-state index contributed by atoms with van der Waals surface area (Å²) in [5.74, 6) is 0.645. The van der Waals surface area contributed by atoms with Gasteiger partial charge >= 0.3 is 0 Å². The van der Waals surface area contributed by atoms with Crippen molar-refractivity contribution in [3.8, 4) is 0 Å². The van der Waals surface area contributed by atoms with Crippen LogP contribution >= 0.6 is 0 Å². The molecule has 1 aromatic carbocycles. The van der Waals surface area contributed by atoms with Crippen molar-refractivity contribution in [2.45, 2.75) is 13.5 Å². The maximum Gasteiger partial charge on any atom is 0.145 e. The van der Waals surface area contributed by atoms with Crippen molar-refractivity contribution in [1.29, 1.82) is 0 Å². The van der Waals surface area contributed by atoms with Crippen LogP contribution in [-0.2, 0) is 13.6 Å². The van der Waals surface area contributed by atoms with Crippen molar-refractivity contribution in [1.82, 2.24) is 14.8 Å². The second-order valence-electron chi connectivity index (χ2n) is 3.62. The first-order valence-electron chi connectivity index (χ1n) is 4.99. The molecule has 0 unspecified atom stereocenters. The highest BCUT2D eigenvalue weighted by Gasteiger charge is 2.01. The number of halogens is 1. The van der Waals surface area contributed by atoms with E-state index < -0.39 is 0 Å². The summed E-state index contributed by atoms with van der Waals surface area (Å²) in [6.07, 6.45) is 1.51. The quantitative estimate of drug-likeness (QED) is 0.858. The van der Waals surface area contributed by atoms with E-state index in [1.807, 2.05) is 7.05 Å². The van der Waals surface area contributed by atoms with E-state index in [0.29, 0.717) is 12.1 Å². The van der Waals surface area contributed by atoms with Gasteiger partial charge in [-0.25, -0.2) is 9.37 Å². The van der Waals surface area contributed by atoms with E-state index in [-0.39, 0.29) is 5.82 Å². The molecule has 4 nitrogen and oxygen atoms in total. The van der Waals surface area contributed by atoms with Crippen LogP contribution < -0.4 is 5.32 Å². The first-order chi connectivity index (χ1) is 7.66. The molecular formula is C11H13FN4. The Morgan fingerprint density at radius 3 is 2.88 bits per heavy atom. The van der Waals surface area contributed by atoms with Crippen LogP contribution in [0.15, 0.2) is 24.5 Å². The zero-order valence-corrected chi connectivity index (χ0v) is 9.24. The smallest absolute Gasteiger partial charge is 0.145 e. The third-order valence-electron chi connectivity index (χ3n) is 2.41. The number of nitrogens with one attached hydrogen (secondary N) is 1. The summed E-state index contributed by atoms with van der Waals surface area (Å²) in [7, 11) is 1.83. The molecule has 1 heterocycles. The van der Waals surface area contributed by atoms with Crippen molar-refractivity contribution < 1.29 is 4.39 Å². The van der Waals surface area contributed by atoms with Gasteiger partial charge in [0.1, 0.15) is 18.0 Å². The number of anilines is 1. The van der Waals surface area contributed by atoms with Crippen LogP contribution in [0.3, 0.4) is 0 Å². The van der Waals surface area contributed by atoms with Crippen LogP contribution in [0.5, 0.6) is 0 Å². The fourth-order valence-electron chi connectivity index (χ4n) is 1.42. The van der Waals surface area contributed by atoms with Crippen LogP contribution in [0.2, 0.25) is 0 Å². The van der Waals surface area contributed by atoms with Crippen molar-refractivity contribution in [2.24, 2.45) is 7.05 Å². The Morgan fingerprint density at radius 1 is 1.44 bits per heavy atom. The summed E-state index contributed by atoms with van der Waals surface area (Å²) in [5, 5.41) is 7.13. The van der Waals surface area contributed by atoms with Gasteiger partial charge < -0.3 is 5.32 Å². The Hall–Kier alpha value is -1.91. The first kappa shape index (κ1) is 10.6. The normalized spacial score (nSPS) is 10.4. The molecule has 0 spiro atoms. The lowest BCUT2D eigenvalue weighted by Gasteiger charge is -2.06. The van der Waals surface area contributed by atoms with Crippen LogP contribution in [-0.4, -0.2) is 14.8 Å². The predicted molar refractivity (Wildman–Crippen MR) is 59.5 cm³/mol. The van der Waals surface area contributed by atoms with Crippen molar-refractivity contribution in [3.63, 3.8) is 0 Å². The molecule has 5 heteroatoms. The maximum absolute atomic E-state index is 13.0. The zero-order valence-electron chi connectivity index (χ0n) is 9.24. The number of aromatic nitrogens is 3. The molecule has 0 aliphatic heterocycles. The zero-order chi connectivity index (χ0) is 11.5. The molecule has 1 aromatic heterocycles. The summed E-state index contributed by atoms with van der Waals surface area (Å²) >= 11 is 0. The van der Waals surface area contributed by atoms with E-state index in [2.05, 4.69) is 15.4 Å². The fourth-order valence-corrected chi connectivity index (χ4v) is 1.42. The Bertz CT molecular complexity index is 492. The van der Waals surface area contributed by atoms with Crippen LogP contribution in [0.1, 0.15) is 11.4 Å². The molecule has 84 valence electrons. The minimum absolute atomic E-state index is 0.191. The van der Waals surface area contributed by atoms with E-state index in [4.69, 9.17) is 0 Å². The number of benzene rings is 1. The molecule has 2 rings (SSSR count). The number of hydrogen-bond donors (Lipinski definition) is 1. The molecule has 0 saturated heterocycles. The predicted octanol–water partition coefficient (Wildman–Crippen LogP) is 1.87. The summed E-state index contributed by atoms with van der Waals surface area (Å²) in [6.45, 7) is 2.31. The maximum atomic E-state index is 13.0. The molecule has 0 atom stereocenters. The highest BCUT2D eigenvalue weighted by molar-refractivity contribution is 5.45. The molecule has 0 bridgehead atoms. The van der Waals surface area contributed by atoms with Gasteiger partial charge in [0, 0.05) is 12.7 Å². The Balaban J connectivity index is 2.05. The first-order valence-corrected chi connectivity index (χ1v) is 4.99. The van der Waals surface area contributed by atoms with Crippen molar-refractivity contribution >= 4 is 5.69 Å². The van der Waals surface area contributed by atoms with Crippen molar-refractivity contribution in [2.75, 3.05) is 5.32 Å². The van der Waals surface area contributed by atoms with Gasteiger partial charge in [-0.15, -0.1) is 0 Å². The second-order valence-corrected chi connectivity index (χ2v) is 3.62. The third-order valence-corrected chi connectivity index (χ3v) is 2.41. The topological polar surface area (TPSA) is 42.7 Å². The number of nitrogens with zero attached hydrogens (tertiary/aromatic N) is 3. The van der Waals surface area contributed by atoms with Gasteiger partial charge in [-0.2, -0.15) is 5.10 Å². The average molecular weight is 220 g/mol. The van der Waals surface area contributed by atoms with Crippen LogP contribution in [0, 0.1) is 12.7 Å². The summed E-state index contributed by atoms with van der Waals surface area (Å²) in [5.41, 5.74) is 1.50. The van der Waals surface area contributed by atoms with E-state index in [1.54, 1.807) is 23.7 Å². The van der Waals surface area contributed by atoms with Gasteiger partial charge in [0.25, 0.3) is 0 Å². The molecular weight excluding hydrogens is 207 g/mol. The van der Waals surface area contributed by atoms with Gasteiger partial charge in [0.15, 0.2) is 0 Å². The standard InChI is InChI=1S/C11H13FN4/c1-8-5-9(3-4-10(8)12)13-6-11-14-7-15-16(11)2/h3-5,7,13H,6H2,1-2H3. The van der Waals surface area contributed by atoms with Gasteiger partial charge in [-0.1, -0.05) is 0 Å². The van der Waals surface area contributed by atoms with E-state index in [9.17, 15) is 4.39 Å². The largest absolute Gasteiger partial charge is 0.378 e. The molecule has 2 aromatic rings. The van der Waals surface area contributed by atoms with Crippen LogP contribution in [0.25, 0.3) is 0 Å². The van der Waals surface area contributed by atoms with Gasteiger partial charge in [0.05, 0.1) is 6.54 Å². The highest BCUT2D eigenvalue weighted by Crippen LogP contribution is 2.14. The lowest BCUT2D eigenvalue weighted by atomic mass is 10.2. The van der Waals surface area contributed by atoms with Crippen molar-refractivity contribution in [3.05, 3.63) is 41.7 Å². The Labute approximate surface area is 93.1 Å². The van der Waals surface area contributed by atoms with Crippen LogP contribution in [0.4, 0.5) is 10.1 Å². The Morgan fingerprint density at radius 2 is 2.25 bits per heavy atom. The van der Waals surface area contributed by atoms with Gasteiger partial charge in [0.2, 0.25) is 0 Å². The SMILES string of the molecule is Cc1cc(NCc2ncnn2C)ccc1F. The molecule has 16 heavy (non-hydrogen) atoms. The molecule has 0 radical (unpaired) electrons. The fraction of sp³-hybridized carbons (Fsp3) is 0.273. The van der Waals surface area contributed by atoms with E-state index in [0.717, 1.165) is 11.5 Å². The molecule has 0 saturated carbocycles. The number of aryl methyl sites for hydroxylation is 2. The minimum atomic E-state index is -0.191. The lowest BCUT2D eigenvalue weighted by Crippen LogP contribution is -2.06. The molecule has 0 amide bonds. The molecule has 0 fully saturated rings. The average Bonchev–Trinajstić information content (AvgIpc) is 2.66. The lowest BCUT2D eigenvalue weighted by molar-refractivity contribution is 0.618. The van der Waals surface area contributed by atoms with Gasteiger partial charge in [-0.3, -0.25) is 4.68 Å². The molecule has 0 aliphatic rings. The summed E-state index contributed by atoms with van der Waals surface area (Å²) in [4.78, 5) is 4.09. The number of hydrogen-bond acceptors (Lipinski definition) is 3. The van der Waals surface area contributed by atoms with E-state index in [1.165, 1.54) is 12.4 Å². The molecule has 1 N–H and O–H groups in total. The third kappa shape index (κ3) is 2.18. The second kappa shape index (κ2) is 4.30. The highest BCUT2D eigenvalue weighted by atomic mass is 19.1. The minimum Gasteiger partial charge on any atom is -0.378 e. The van der Waals surface area contributed by atoms with Gasteiger partial charge in [-0.05, 0) is 30.7 Å². The summed E-state index contributed by atoms with van der Waals surface area (Å²) < 4.78 is 14.7. The molecule has 0 aliphatic carbocycles. The Kier molecular flexibility index (Phi) is 2.85. The monoisotopic (exact) mass is 220 g/mol. The number of rotatable bonds is 3.